The Balaban J connectivity index is 1.18. The SMILES string of the molecule is C1=CC2C3=C(C=CCC3)C3(c4ccccc4Oc4cc5c6ccccc6n(-c6nc(-c7ccc8c(c7)=CCCC=8)c7c(n6)=CCCC=7)c5cc43)C2C=C1. The number of ether oxygens (including phenoxy) is 1. The molecule has 0 saturated carbocycles. The van der Waals surface area contributed by atoms with Gasteiger partial charge in [0.15, 0.2) is 0 Å². The second kappa shape index (κ2) is 11.0. The first kappa shape index (κ1) is 29.6. The quantitative estimate of drug-likeness (QED) is 0.184. The molecule has 1 spiro atoms. The Morgan fingerprint density at radius 2 is 1.53 bits per heavy atom. The maximum absolute atomic E-state index is 6.95. The van der Waals surface area contributed by atoms with Crippen LogP contribution in [-0.4, -0.2) is 14.5 Å². The Kier molecular flexibility index (Phi) is 6.14. The van der Waals surface area contributed by atoms with Crippen molar-refractivity contribution in [1.82, 2.24) is 14.5 Å². The van der Waals surface area contributed by atoms with E-state index in [0.29, 0.717) is 11.9 Å². The highest BCUT2D eigenvalue weighted by Gasteiger charge is 2.57. The lowest BCUT2D eigenvalue weighted by molar-refractivity contribution is 0.360. The van der Waals surface area contributed by atoms with E-state index in [4.69, 9.17) is 14.7 Å². The number of benzene rings is 4. The summed E-state index contributed by atoms with van der Waals surface area (Å²) in [7, 11) is 0. The third-order valence-electron chi connectivity index (χ3n) is 12.7. The van der Waals surface area contributed by atoms with Crippen LogP contribution in [-0.2, 0) is 5.41 Å². The van der Waals surface area contributed by atoms with Crippen molar-refractivity contribution in [3.05, 3.63) is 159 Å². The molecule has 0 radical (unpaired) electrons. The molecule has 0 N–H and O–H groups in total. The molecule has 5 aliphatic carbocycles. The van der Waals surface area contributed by atoms with Gasteiger partial charge in [-0.3, -0.25) is 4.57 Å². The summed E-state index contributed by atoms with van der Waals surface area (Å²) < 4.78 is 9.27. The molecule has 0 fully saturated rings. The fourth-order valence-electron chi connectivity index (χ4n) is 10.5. The lowest BCUT2D eigenvalue weighted by Crippen LogP contribution is -2.39. The van der Waals surface area contributed by atoms with Crippen LogP contribution in [0, 0.1) is 11.8 Å². The van der Waals surface area contributed by atoms with E-state index >= 15 is 0 Å². The molecule has 2 aromatic heterocycles. The van der Waals surface area contributed by atoms with E-state index in [1.54, 1.807) is 5.57 Å². The molecule has 6 aliphatic rings. The number of nitrogens with zero attached hydrogens (tertiary/aromatic N) is 3. The summed E-state index contributed by atoms with van der Waals surface area (Å²) in [6.45, 7) is 0. The first-order valence-corrected chi connectivity index (χ1v) is 19.3. The molecule has 254 valence electrons. The fraction of sp³-hybridized carbons (Fsp3) is 0.184. The highest BCUT2D eigenvalue weighted by Crippen LogP contribution is 2.65. The van der Waals surface area contributed by atoms with Gasteiger partial charge in [0.2, 0.25) is 5.95 Å². The lowest BCUT2D eigenvalue weighted by Gasteiger charge is -2.44. The first-order valence-electron chi connectivity index (χ1n) is 19.3. The molecule has 4 nitrogen and oxygen atoms in total. The van der Waals surface area contributed by atoms with Crippen molar-refractivity contribution in [1.29, 1.82) is 0 Å². The van der Waals surface area contributed by atoms with Gasteiger partial charge >= 0.3 is 0 Å². The van der Waals surface area contributed by atoms with E-state index in [-0.39, 0.29) is 11.3 Å². The van der Waals surface area contributed by atoms with Gasteiger partial charge in [0.05, 0.1) is 27.5 Å². The van der Waals surface area contributed by atoms with Gasteiger partial charge in [-0.05, 0) is 84.9 Å². The third-order valence-corrected chi connectivity index (χ3v) is 12.7. The Morgan fingerprint density at radius 3 is 2.51 bits per heavy atom. The first-order chi connectivity index (χ1) is 26.3. The number of hydrogen-bond acceptors (Lipinski definition) is 3. The number of hydrogen-bond donors (Lipinski definition) is 0. The highest BCUT2D eigenvalue weighted by molar-refractivity contribution is 6.10. The van der Waals surface area contributed by atoms with Crippen LogP contribution in [0.2, 0.25) is 0 Å². The molecule has 0 saturated heterocycles. The summed E-state index contributed by atoms with van der Waals surface area (Å²) in [5, 5.41) is 7.08. The van der Waals surface area contributed by atoms with Crippen molar-refractivity contribution in [2.24, 2.45) is 11.8 Å². The fourth-order valence-corrected chi connectivity index (χ4v) is 10.5. The lowest BCUT2D eigenvalue weighted by atomic mass is 9.60. The Bertz CT molecular complexity index is 3010. The van der Waals surface area contributed by atoms with Crippen LogP contribution in [0.3, 0.4) is 0 Å². The van der Waals surface area contributed by atoms with Crippen LogP contribution in [0.25, 0.3) is 63.3 Å². The second-order valence-corrected chi connectivity index (χ2v) is 15.3. The number of allylic oxidation sites excluding steroid dienone is 8. The molecular weight excluding hydrogens is 647 g/mol. The molecule has 0 bridgehead atoms. The van der Waals surface area contributed by atoms with E-state index in [9.17, 15) is 0 Å². The van der Waals surface area contributed by atoms with Gasteiger partial charge in [-0.2, -0.15) is 0 Å². The Hall–Kier alpha value is -6.00. The second-order valence-electron chi connectivity index (χ2n) is 15.3. The molecule has 3 unspecified atom stereocenters. The van der Waals surface area contributed by atoms with Crippen LogP contribution in [0.15, 0.2) is 126 Å². The predicted octanol–water partition coefficient (Wildman–Crippen LogP) is 8.36. The summed E-state index contributed by atoms with van der Waals surface area (Å²) in [6, 6.07) is 29.0. The molecule has 3 atom stereocenters. The van der Waals surface area contributed by atoms with Gasteiger partial charge < -0.3 is 4.74 Å². The predicted molar refractivity (Wildman–Crippen MR) is 215 cm³/mol. The van der Waals surface area contributed by atoms with E-state index in [1.165, 1.54) is 32.5 Å². The van der Waals surface area contributed by atoms with Crippen LogP contribution < -0.4 is 25.7 Å². The van der Waals surface area contributed by atoms with E-state index in [0.717, 1.165) is 88.3 Å². The monoisotopic (exact) mass is 683 g/mol. The molecule has 3 heterocycles. The molecule has 6 aromatic rings. The number of fused-ring (bicyclic) bond motifs is 13. The number of para-hydroxylation sites is 2. The minimum atomic E-state index is -0.390. The van der Waals surface area contributed by atoms with Crippen LogP contribution in [0.4, 0.5) is 0 Å². The van der Waals surface area contributed by atoms with Crippen molar-refractivity contribution in [2.75, 3.05) is 0 Å². The summed E-state index contributed by atoms with van der Waals surface area (Å²) in [4.78, 5) is 10.9. The standard InChI is InChI=1S/C49H37N3O/c1-2-14-31-27-32(26-25-30(31)13-1)47-36-18-5-10-22-42(36)50-48(51-47)52-43-23-11-6-17-35(43)37-28-46-41(29-44(37)52)49(40-21-9-12-24-45(40)53-46)38-19-7-3-15-33(38)34-16-4-8-20-39(34)49/h3,6-9,11-15,17-29,33,38H,1-2,4-5,10,16H2. The maximum atomic E-state index is 6.95. The van der Waals surface area contributed by atoms with Crippen molar-refractivity contribution in [3.63, 3.8) is 0 Å². The Morgan fingerprint density at radius 1 is 0.679 bits per heavy atom. The smallest absolute Gasteiger partial charge is 0.235 e. The third kappa shape index (κ3) is 4.01. The average Bonchev–Trinajstić information content (AvgIpc) is 3.70. The molecule has 53 heavy (non-hydrogen) atoms. The summed E-state index contributed by atoms with van der Waals surface area (Å²) in [6.07, 6.45) is 29.9. The average molecular weight is 684 g/mol. The molecule has 12 rings (SSSR count). The zero-order chi connectivity index (χ0) is 34.7. The van der Waals surface area contributed by atoms with E-state index in [2.05, 4.69) is 144 Å². The van der Waals surface area contributed by atoms with Crippen LogP contribution in [0.5, 0.6) is 11.5 Å². The maximum Gasteiger partial charge on any atom is 0.235 e. The van der Waals surface area contributed by atoms with Crippen LogP contribution in [0.1, 0.15) is 49.7 Å². The van der Waals surface area contributed by atoms with Crippen molar-refractivity contribution in [3.8, 4) is 28.7 Å². The number of aromatic nitrogens is 3. The zero-order valence-electron chi connectivity index (χ0n) is 29.4. The van der Waals surface area contributed by atoms with Crippen molar-refractivity contribution in [2.45, 2.75) is 43.9 Å². The summed E-state index contributed by atoms with van der Waals surface area (Å²) >= 11 is 0. The van der Waals surface area contributed by atoms with Gasteiger partial charge in [-0.15, -0.1) is 0 Å². The molecular formula is C49H37N3O. The topological polar surface area (TPSA) is 39.9 Å². The number of rotatable bonds is 2. The molecule has 1 aliphatic heterocycles. The van der Waals surface area contributed by atoms with Gasteiger partial charge in [-0.1, -0.05) is 115 Å². The van der Waals surface area contributed by atoms with Gasteiger partial charge in [0, 0.05) is 44.5 Å². The highest BCUT2D eigenvalue weighted by atomic mass is 16.5. The minimum Gasteiger partial charge on any atom is -0.457 e. The largest absolute Gasteiger partial charge is 0.457 e. The van der Waals surface area contributed by atoms with Gasteiger partial charge in [0.25, 0.3) is 0 Å². The minimum absolute atomic E-state index is 0.245. The summed E-state index contributed by atoms with van der Waals surface area (Å²) in [5.74, 6) is 3.19. The zero-order valence-corrected chi connectivity index (χ0v) is 29.4. The normalized spacial score (nSPS) is 22.8. The molecule has 4 heteroatoms. The van der Waals surface area contributed by atoms with E-state index in [1.807, 2.05) is 0 Å². The van der Waals surface area contributed by atoms with Crippen molar-refractivity contribution >= 4 is 46.1 Å². The van der Waals surface area contributed by atoms with E-state index < -0.39 is 0 Å². The molecule has 0 amide bonds. The summed E-state index contributed by atoms with van der Waals surface area (Å²) in [5.41, 5.74) is 9.42. The van der Waals surface area contributed by atoms with Gasteiger partial charge in [0.1, 0.15) is 11.5 Å². The van der Waals surface area contributed by atoms with Crippen molar-refractivity contribution < 1.29 is 4.74 Å². The Labute approximate surface area is 307 Å². The van der Waals surface area contributed by atoms with Crippen LogP contribution >= 0.6 is 0 Å². The van der Waals surface area contributed by atoms with Gasteiger partial charge in [-0.25, -0.2) is 9.97 Å². The molecule has 4 aromatic carbocycles.